The Balaban J connectivity index is 3.55. The van der Waals surface area contributed by atoms with Crippen LogP contribution in [0.4, 0.5) is 0 Å². The van der Waals surface area contributed by atoms with Gasteiger partial charge in [0.1, 0.15) is 0 Å². The lowest BCUT2D eigenvalue weighted by Gasteiger charge is -2.30. The van der Waals surface area contributed by atoms with Gasteiger partial charge < -0.3 is 66.3 Å². The minimum atomic E-state index is -0.684. The molecular formula is C56H114O14. The summed E-state index contributed by atoms with van der Waals surface area (Å²) in [6.45, 7) is 23.2. The van der Waals surface area contributed by atoms with Crippen LogP contribution in [0.1, 0.15) is 188 Å². The Labute approximate surface area is 430 Å². The Morgan fingerprint density at radius 1 is 0.186 bits per heavy atom. The molecule has 422 valence electrons. The Hall–Kier alpha value is -0.560. The van der Waals surface area contributed by atoms with Crippen molar-refractivity contribution < 1.29 is 66.3 Å². The normalized spacial score (nSPS) is 12.0. The number of ether oxygens (including phenoxy) is 14. The predicted octanol–water partition coefficient (Wildman–Crippen LogP) is 11.7. The highest BCUT2D eigenvalue weighted by Crippen LogP contribution is 2.22. The standard InChI is InChI=1S/C56H114O14/c1-5-8-11-14-16-18-20-22-24-27-30-57-32-34-59-36-38-61-40-42-63-44-46-65-48-50-67-52-54-69-56(4,29-26-13-10-7-3)70-55-53-68-51-49-66-47-45-64-43-41-62-39-37-60-35-33-58-31-28-25-23-21-19-17-15-12-9-6-2/h5-55H2,1-4H3. The number of hydrogen-bond donors (Lipinski definition) is 0. The first-order chi connectivity index (χ1) is 34.7. The van der Waals surface area contributed by atoms with Crippen LogP contribution in [0.3, 0.4) is 0 Å². The van der Waals surface area contributed by atoms with E-state index in [9.17, 15) is 0 Å². The Morgan fingerprint density at radius 2 is 0.357 bits per heavy atom. The number of unbranched alkanes of at least 4 members (excludes halogenated alkanes) is 21. The van der Waals surface area contributed by atoms with E-state index in [1.807, 2.05) is 6.92 Å². The Morgan fingerprint density at radius 3 is 0.586 bits per heavy atom. The van der Waals surface area contributed by atoms with Crippen molar-refractivity contribution in [2.45, 2.75) is 194 Å². The third-order valence-corrected chi connectivity index (χ3v) is 11.8. The van der Waals surface area contributed by atoms with E-state index in [-0.39, 0.29) is 0 Å². The van der Waals surface area contributed by atoms with Crippen LogP contribution in [0.5, 0.6) is 0 Å². The van der Waals surface area contributed by atoms with E-state index in [2.05, 4.69) is 20.8 Å². The van der Waals surface area contributed by atoms with Crippen molar-refractivity contribution in [2.24, 2.45) is 0 Å². The van der Waals surface area contributed by atoms with Crippen LogP contribution in [-0.4, -0.2) is 178 Å². The molecule has 0 saturated heterocycles. The van der Waals surface area contributed by atoms with Gasteiger partial charge in [0.05, 0.1) is 159 Å². The fourth-order valence-electron chi connectivity index (χ4n) is 7.48. The van der Waals surface area contributed by atoms with Crippen molar-refractivity contribution in [3.05, 3.63) is 0 Å². The molecule has 0 rings (SSSR count). The minimum absolute atomic E-state index is 0.443. The maximum absolute atomic E-state index is 6.18. The van der Waals surface area contributed by atoms with Gasteiger partial charge >= 0.3 is 0 Å². The van der Waals surface area contributed by atoms with Crippen LogP contribution in [0.25, 0.3) is 0 Å². The minimum Gasteiger partial charge on any atom is -0.379 e. The quantitative estimate of drug-likeness (QED) is 0.0423. The summed E-state index contributed by atoms with van der Waals surface area (Å²) in [5.74, 6) is -0.684. The second kappa shape index (κ2) is 62.7. The maximum Gasteiger partial charge on any atom is 0.165 e. The van der Waals surface area contributed by atoms with E-state index < -0.39 is 5.79 Å². The van der Waals surface area contributed by atoms with Gasteiger partial charge in [-0.15, -0.1) is 0 Å². The Kier molecular flexibility index (Phi) is 62.2. The van der Waals surface area contributed by atoms with Crippen molar-refractivity contribution in [2.75, 3.05) is 172 Å². The molecular weight excluding hydrogens is 897 g/mol. The van der Waals surface area contributed by atoms with Crippen molar-refractivity contribution in [3.8, 4) is 0 Å². The highest BCUT2D eigenvalue weighted by Gasteiger charge is 2.25. The molecule has 14 nitrogen and oxygen atoms in total. The number of rotatable bonds is 65. The first-order valence-corrected chi connectivity index (χ1v) is 28.9. The average molecular weight is 1010 g/mol. The van der Waals surface area contributed by atoms with Gasteiger partial charge in [0.15, 0.2) is 5.79 Å². The average Bonchev–Trinajstić information content (AvgIpc) is 3.36. The largest absolute Gasteiger partial charge is 0.379 e. The molecule has 0 bridgehead atoms. The van der Waals surface area contributed by atoms with Gasteiger partial charge in [-0.2, -0.15) is 0 Å². The smallest absolute Gasteiger partial charge is 0.165 e. The molecule has 0 aromatic heterocycles. The van der Waals surface area contributed by atoms with Gasteiger partial charge in [0.25, 0.3) is 0 Å². The predicted molar refractivity (Wildman–Crippen MR) is 283 cm³/mol. The summed E-state index contributed by atoms with van der Waals surface area (Å²) in [5, 5.41) is 0. The monoisotopic (exact) mass is 1010 g/mol. The van der Waals surface area contributed by atoms with E-state index in [1.165, 1.54) is 128 Å². The number of hydrogen-bond acceptors (Lipinski definition) is 14. The molecule has 0 aromatic carbocycles. The van der Waals surface area contributed by atoms with E-state index in [0.717, 1.165) is 45.3 Å². The zero-order valence-electron chi connectivity index (χ0n) is 46.3. The van der Waals surface area contributed by atoms with Gasteiger partial charge in [-0.05, 0) is 26.2 Å². The molecule has 0 heterocycles. The van der Waals surface area contributed by atoms with Crippen LogP contribution in [-0.2, 0) is 66.3 Å². The lowest BCUT2D eigenvalue weighted by molar-refractivity contribution is -0.239. The van der Waals surface area contributed by atoms with E-state index >= 15 is 0 Å². The summed E-state index contributed by atoms with van der Waals surface area (Å²) >= 11 is 0. The van der Waals surface area contributed by atoms with Gasteiger partial charge in [-0.1, -0.05) is 156 Å². The van der Waals surface area contributed by atoms with Gasteiger partial charge in [0, 0.05) is 19.6 Å². The summed E-state index contributed by atoms with van der Waals surface area (Å²) in [4.78, 5) is 0. The first-order valence-electron chi connectivity index (χ1n) is 28.9. The molecule has 14 heteroatoms. The van der Waals surface area contributed by atoms with E-state index in [4.69, 9.17) is 66.3 Å². The topological polar surface area (TPSA) is 129 Å². The summed E-state index contributed by atoms with van der Waals surface area (Å²) < 4.78 is 80.1. The summed E-state index contributed by atoms with van der Waals surface area (Å²) in [7, 11) is 0. The molecule has 0 aliphatic heterocycles. The molecule has 0 saturated carbocycles. The molecule has 0 aliphatic carbocycles. The zero-order chi connectivity index (χ0) is 50.5. The van der Waals surface area contributed by atoms with Crippen LogP contribution >= 0.6 is 0 Å². The highest BCUT2D eigenvalue weighted by atomic mass is 16.7. The summed E-state index contributed by atoms with van der Waals surface area (Å²) in [6, 6.07) is 0. The molecule has 0 radical (unpaired) electrons. The SMILES string of the molecule is CCCCCCCCCCCCOCCOCCOCCOCCOCCOCCOC(C)(CCCCCC)OCCOCCOCCOCCOCCOCCOCCCCCCCCCCCC. The molecule has 0 aliphatic rings. The molecule has 0 amide bonds. The van der Waals surface area contributed by atoms with Crippen molar-refractivity contribution in [1.29, 1.82) is 0 Å². The third kappa shape index (κ3) is 60.0. The van der Waals surface area contributed by atoms with E-state index in [1.54, 1.807) is 0 Å². The summed E-state index contributed by atoms with van der Waals surface area (Å²) in [6.07, 6.45) is 32.2. The second-order valence-electron chi connectivity index (χ2n) is 18.4. The maximum atomic E-state index is 6.18. The molecule has 0 fully saturated rings. The molecule has 0 spiro atoms. The van der Waals surface area contributed by atoms with Crippen molar-refractivity contribution in [1.82, 2.24) is 0 Å². The van der Waals surface area contributed by atoms with Crippen molar-refractivity contribution in [3.63, 3.8) is 0 Å². The lowest BCUT2D eigenvalue weighted by atomic mass is 10.1. The zero-order valence-corrected chi connectivity index (χ0v) is 46.3. The molecule has 0 N–H and O–H groups in total. The fraction of sp³-hybridized carbons (Fsp3) is 1.00. The summed E-state index contributed by atoms with van der Waals surface area (Å²) in [5.41, 5.74) is 0. The first kappa shape index (κ1) is 69.4. The molecule has 0 atom stereocenters. The highest BCUT2D eigenvalue weighted by molar-refractivity contribution is 4.64. The molecule has 0 aromatic rings. The molecule has 70 heavy (non-hydrogen) atoms. The Bertz CT molecular complexity index is 860. The van der Waals surface area contributed by atoms with Crippen LogP contribution < -0.4 is 0 Å². The molecule has 0 unspecified atom stereocenters. The van der Waals surface area contributed by atoms with Crippen LogP contribution in [0, 0.1) is 0 Å². The third-order valence-electron chi connectivity index (χ3n) is 11.8. The van der Waals surface area contributed by atoms with Gasteiger partial charge in [-0.25, -0.2) is 0 Å². The van der Waals surface area contributed by atoms with Crippen LogP contribution in [0.15, 0.2) is 0 Å². The van der Waals surface area contributed by atoms with Crippen molar-refractivity contribution >= 4 is 0 Å². The van der Waals surface area contributed by atoms with Crippen LogP contribution in [0.2, 0.25) is 0 Å². The van der Waals surface area contributed by atoms with E-state index in [0.29, 0.717) is 159 Å². The fourth-order valence-corrected chi connectivity index (χ4v) is 7.48. The second-order valence-corrected chi connectivity index (χ2v) is 18.4. The lowest BCUT2D eigenvalue weighted by Crippen LogP contribution is -2.35. The van der Waals surface area contributed by atoms with Gasteiger partial charge in [-0.3, -0.25) is 0 Å². The van der Waals surface area contributed by atoms with Gasteiger partial charge in [0.2, 0.25) is 0 Å².